The Hall–Kier alpha value is -3.61. The molecule has 0 unspecified atom stereocenters. The van der Waals surface area contributed by atoms with Crippen molar-refractivity contribution < 1.29 is 13.2 Å². The highest BCUT2D eigenvalue weighted by molar-refractivity contribution is 5.79. The van der Waals surface area contributed by atoms with Crippen LogP contribution in [-0.4, -0.2) is 15.9 Å². The van der Waals surface area contributed by atoms with E-state index in [1.165, 1.54) is 17.0 Å². The van der Waals surface area contributed by atoms with Crippen molar-refractivity contribution in [3.63, 3.8) is 0 Å². The number of furan rings is 1. The first-order chi connectivity index (χ1) is 13.0. The van der Waals surface area contributed by atoms with Crippen LogP contribution in [0.25, 0.3) is 22.2 Å². The van der Waals surface area contributed by atoms with Gasteiger partial charge in [-0.3, -0.25) is 4.79 Å². The van der Waals surface area contributed by atoms with Gasteiger partial charge in [-0.15, -0.1) is 0 Å². The second-order valence-corrected chi connectivity index (χ2v) is 5.86. The van der Waals surface area contributed by atoms with Gasteiger partial charge in [0.2, 0.25) is 0 Å². The average Bonchev–Trinajstić information content (AvgIpc) is 3.10. The van der Waals surface area contributed by atoms with Crippen molar-refractivity contribution in [2.45, 2.75) is 6.92 Å². The zero-order valence-corrected chi connectivity index (χ0v) is 14.2. The zero-order valence-electron chi connectivity index (χ0n) is 14.2. The standard InChI is InChI=1S/C20H13F2N3O2/c1-12-24-18-5-3-2-4-16(18)20(26)25(12)23-11-14-7-9-19(27-14)15-8-6-13(21)10-17(15)22/h2-11H,1H3/b23-11+. The van der Waals surface area contributed by atoms with Gasteiger partial charge in [-0.25, -0.2) is 13.8 Å². The maximum absolute atomic E-state index is 13.9. The predicted molar refractivity (Wildman–Crippen MR) is 97.8 cm³/mol. The second-order valence-electron chi connectivity index (χ2n) is 5.86. The highest BCUT2D eigenvalue weighted by Crippen LogP contribution is 2.25. The SMILES string of the molecule is Cc1nc2ccccc2c(=O)n1/N=C/c1ccc(-c2ccc(F)cc2F)o1. The summed E-state index contributed by atoms with van der Waals surface area (Å²) in [5.41, 5.74) is 0.431. The summed E-state index contributed by atoms with van der Waals surface area (Å²) in [4.78, 5) is 16.9. The van der Waals surface area contributed by atoms with Crippen LogP contribution in [0.2, 0.25) is 0 Å². The summed E-state index contributed by atoms with van der Waals surface area (Å²) in [5.74, 6) is -0.420. The number of aryl methyl sites for hydroxylation is 1. The molecule has 4 aromatic rings. The molecule has 0 aliphatic rings. The van der Waals surface area contributed by atoms with E-state index in [-0.39, 0.29) is 16.9 Å². The molecule has 0 saturated carbocycles. The largest absolute Gasteiger partial charge is 0.455 e. The fraction of sp³-hybridized carbons (Fsp3) is 0.0500. The van der Waals surface area contributed by atoms with E-state index >= 15 is 0 Å². The number of hydrogen-bond donors (Lipinski definition) is 0. The molecule has 2 aromatic carbocycles. The minimum atomic E-state index is -0.723. The van der Waals surface area contributed by atoms with Crippen LogP contribution in [0.5, 0.6) is 0 Å². The van der Waals surface area contributed by atoms with Crippen LogP contribution in [0.4, 0.5) is 8.78 Å². The molecule has 0 aliphatic heterocycles. The minimum Gasteiger partial charge on any atom is -0.455 e. The molecular formula is C20H13F2N3O2. The Balaban J connectivity index is 1.69. The number of rotatable bonds is 3. The monoisotopic (exact) mass is 365 g/mol. The normalized spacial score (nSPS) is 11.5. The first-order valence-corrected chi connectivity index (χ1v) is 8.11. The summed E-state index contributed by atoms with van der Waals surface area (Å²) in [6, 6.07) is 13.4. The molecule has 0 aliphatic carbocycles. The molecule has 27 heavy (non-hydrogen) atoms. The fourth-order valence-electron chi connectivity index (χ4n) is 2.74. The molecule has 5 nitrogen and oxygen atoms in total. The van der Waals surface area contributed by atoms with E-state index in [1.54, 1.807) is 43.3 Å². The highest BCUT2D eigenvalue weighted by Gasteiger charge is 2.11. The maximum Gasteiger partial charge on any atom is 0.282 e. The predicted octanol–water partition coefficient (Wildman–Crippen LogP) is 4.13. The van der Waals surface area contributed by atoms with E-state index < -0.39 is 11.6 Å². The van der Waals surface area contributed by atoms with E-state index in [1.807, 2.05) is 0 Å². The molecule has 0 fully saturated rings. The zero-order chi connectivity index (χ0) is 19.0. The molecule has 0 atom stereocenters. The summed E-state index contributed by atoms with van der Waals surface area (Å²) in [7, 11) is 0. The van der Waals surface area contributed by atoms with Crippen molar-refractivity contribution in [2.75, 3.05) is 0 Å². The number of hydrogen-bond acceptors (Lipinski definition) is 4. The van der Waals surface area contributed by atoms with E-state index in [2.05, 4.69) is 10.1 Å². The van der Waals surface area contributed by atoms with Crippen LogP contribution in [0.3, 0.4) is 0 Å². The smallest absolute Gasteiger partial charge is 0.282 e. The Morgan fingerprint density at radius 3 is 2.74 bits per heavy atom. The van der Waals surface area contributed by atoms with Crippen molar-refractivity contribution >= 4 is 17.1 Å². The molecule has 0 spiro atoms. The number of nitrogens with zero attached hydrogens (tertiary/aromatic N) is 3. The molecule has 134 valence electrons. The summed E-state index contributed by atoms with van der Waals surface area (Å²) in [6.45, 7) is 1.67. The highest BCUT2D eigenvalue weighted by atomic mass is 19.1. The molecule has 0 radical (unpaired) electrons. The molecule has 2 heterocycles. The van der Waals surface area contributed by atoms with Gasteiger partial charge in [0.05, 0.1) is 22.7 Å². The van der Waals surface area contributed by atoms with E-state index in [0.717, 1.165) is 12.1 Å². The van der Waals surface area contributed by atoms with Crippen molar-refractivity contribution in [1.82, 2.24) is 9.66 Å². The summed E-state index contributed by atoms with van der Waals surface area (Å²) in [6.07, 6.45) is 1.34. The number of para-hydroxylation sites is 1. The lowest BCUT2D eigenvalue weighted by atomic mass is 10.1. The van der Waals surface area contributed by atoms with E-state index in [0.29, 0.717) is 22.5 Å². The van der Waals surface area contributed by atoms with Crippen LogP contribution >= 0.6 is 0 Å². The molecular weight excluding hydrogens is 352 g/mol. The van der Waals surface area contributed by atoms with Gasteiger partial charge in [-0.05, 0) is 43.3 Å². The maximum atomic E-state index is 13.9. The van der Waals surface area contributed by atoms with Crippen LogP contribution in [0.15, 0.2) is 68.9 Å². The van der Waals surface area contributed by atoms with Gasteiger partial charge in [-0.1, -0.05) is 12.1 Å². The molecule has 0 saturated heterocycles. The van der Waals surface area contributed by atoms with E-state index in [4.69, 9.17) is 4.42 Å². The molecule has 0 bridgehead atoms. The minimum absolute atomic E-state index is 0.136. The summed E-state index contributed by atoms with van der Waals surface area (Å²) >= 11 is 0. The molecule has 4 rings (SSSR count). The number of halogens is 2. The van der Waals surface area contributed by atoms with Gasteiger partial charge in [0, 0.05) is 6.07 Å². The molecule has 2 aromatic heterocycles. The van der Waals surface area contributed by atoms with Crippen LogP contribution < -0.4 is 5.56 Å². The van der Waals surface area contributed by atoms with E-state index in [9.17, 15) is 13.6 Å². The van der Waals surface area contributed by atoms with Crippen LogP contribution in [-0.2, 0) is 0 Å². The molecule has 0 N–H and O–H groups in total. The molecule has 7 heteroatoms. The Morgan fingerprint density at radius 1 is 1.11 bits per heavy atom. The van der Waals surface area contributed by atoms with Crippen molar-refractivity contribution in [3.05, 3.63) is 88.2 Å². The van der Waals surface area contributed by atoms with Gasteiger partial charge in [0.25, 0.3) is 5.56 Å². The third-order valence-corrected chi connectivity index (χ3v) is 4.04. The first-order valence-electron chi connectivity index (χ1n) is 8.11. The van der Waals surface area contributed by atoms with Gasteiger partial charge in [-0.2, -0.15) is 9.78 Å². The summed E-state index contributed by atoms with van der Waals surface area (Å²) in [5, 5.41) is 4.59. The quantitative estimate of drug-likeness (QED) is 0.513. The van der Waals surface area contributed by atoms with Crippen molar-refractivity contribution in [2.24, 2.45) is 5.10 Å². The van der Waals surface area contributed by atoms with Gasteiger partial charge >= 0.3 is 0 Å². The third kappa shape index (κ3) is 3.15. The van der Waals surface area contributed by atoms with Crippen LogP contribution in [0, 0.1) is 18.6 Å². The van der Waals surface area contributed by atoms with Gasteiger partial charge in [0.15, 0.2) is 0 Å². The van der Waals surface area contributed by atoms with Gasteiger partial charge < -0.3 is 4.42 Å². The van der Waals surface area contributed by atoms with Crippen molar-refractivity contribution in [1.29, 1.82) is 0 Å². The Kier molecular flexibility index (Phi) is 4.12. The lowest BCUT2D eigenvalue weighted by molar-refractivity contribution is 0.555. The second kappa shape index (κ2) is 6.60. The Morgan fingerprint density at radius 2 is 1.93 bits per heavy atom. The molecule has 0 amide bonds. The number of aromatic nitrogens is 2. The lowest BCUT2D eigenvalue weighted by Crippen LogP contribution is -2.20. The Labute approximate surface area is 152 Å². The van der Waals surface area contributed by atoms with Crippen molar-refractivity contribution in [3.8, 4) is 11.3 Å². The number of fused-ring (bicyclic) bond motifs is 1. The summed E-state index contributed by atoms with van der Waals surface area (Å²) < 4.78 is 33.6. The van der Waals surface area contributed by atoms with Gasteiger partial charge in [0.1, 0.15) is 29.0 Å². The Bertz CT molecular complexity index is 1240. The number of benzene rings is 2. The topological polar surface area (TPSA) is 60.4 Å². The van der Waals surface area contributed by atoms with Crippen LogP contribution in [0.1, 0.15) is 11.6 Å². The lowest BCUT2D eigenvalue weighted by Gasteiger charge is -2.04. The third-order valence-electron chi connectivity index (χ3n) is 4.04. The first kappa shape index (κ1) is 16.8. The average molecular weight is 365 g/mol. The fourth-order valence-corrected chi connectivity index (χ4v) is 2.74.